The molecule has 0 atom stereocenters. The number of aryl methyl sites for hydroxylation is 1. The summed E-state index contributed by atoms with van der Waals surface area (Å²) in [6.07, 6.45) is 2.91. The quantitative estimate of drug-likeness (QED) is 0.717. The molecule has 2 amide bonds. The Bertz CT molecular complexity index is 424. The summed E-state index contributed by atoms with van der Waals surface area (Å²) in [5, 5.41) is 5.15. The van der Waals surface area contributed by atoms with E-state index in [-0.39, 0.29) is 5.69 Å². The number of nitrogens with one attached hydrogen (secondary N) is 2. The number of halogens is 1. The average molecular weight is 282 g/mol. The largest absolute Gasteiger partial charge is 0.381 e. The van der Waals surface area contributed by atoms with Gasteiger partial charge in [-0.25, -0.2) is 9.18 Å². The first kappa shape index (κ1) is 16.4. The maximum absolute atomic E-state index is 13.5. The number of rotatable bonds is 8. The number of carbonyl (C=O) groups excluding carboxylic acids is 1. The number of hydrogen-bond acceptors (Lipinski definition) is 2. The molecule has 0 heterocycles. The minimum atomic E-state index is -0.428. The molecule has 0 bridgehead atoms. The van der Waals surface area contributed by atoms with Gasteiger partial charge in [0.05, 0.1) is 5.69 Å². The third kappa shape index (κ3) is 6.52. The van der Waals surface area contributed by atoms with E-state index in [0.717, 1.165) is 31.4 Å². The summed E-state index contributed by atoms with van der Waals surface area (Å²) in [7, 11) is 0. The van der Waals surface area contributed by atoms with Crippen LogP contribution >= 0.6 is 0 Å². The van der Waals surface area contributed by atoms with Crippen molar-refractivity contribution >= 4 is 11.7 Å². The second kappa shape index (κ2) is 9.31. The molecule has 20 heavy (non-hydrogen) atoms. The van der Waals surface area contributed by atoms with Crippen LogP contribution in [-0.2, 0) is 4.74 Å². The predicted octanol–water partition coefficient (Wildman–Crippen LogP) is 3.46. The number of ether oxygens (including phenoxy) is 1. The highest BCUT2D eigenvalue weighted by molar-refractivity contribution is 5.89. The van der Waals surface area contributed by atoms with E-state index in [2.05, 4.69) is 17.6 Å². The lowest BCUT2D eigenvalue weighted by atomic mass is 10.2. The van der Waals surface area contributed by atoms with Gasteiger partial charge in [0.2, 0.25) is 0 Å². The number of urea groups is 1. The molecule has 0 aliphatic carbocycles. The van der Waals surface area contributed by atoms with Gasteiger partial charge in [0.25, 0.3) is 0 Å². The molecule has 0 unspecified atom stereocenters. The molecule has 1 aromatic rings. The number of amides is 2. The zero-order chi connectivity index (χ0) is 14.8. The molecular weight excluding hydrogens is 259 g/mol. The fourth-order valence-electron chi connectivity index (χ4n) is 1.61. The van der Waals surface area contributed by atoms with E-state index >= 15 is 0 Å². The van der Waals surface area contributed by atoms with E-state index in [4.69, 9.17) is 4.74 Å². The van der Waals surface area contributed by atoms with Crippen LogP contribution in [0.15, 0.2) is 18.2 Å². The van der Waals surface area contributed by atoms with Crippen molar-refractivity contribution in [3.63, 3.8) is 0 Å². The first-order valence-electron chi connectivity index (χ1n) is 7.02. The Labute approximate surface area is 119 Å². The van der Waals surface area contributed by atoms with Crippen LogP contribution in [0.5, 0.6) is 0 Å². The van der Waals surface area contributed by atoms with Gasteiger partial charge in [-0.15, -0.1) is 0 Å². The van der Waals surface area contributed by atoms with Gasteiger partial charge in [0.15, 0.2) is 0 Å². The van der Waals surface area contributed by atoms with Crippen LogP contribution in [0.1, 0.15) is 31.7 Å². The summed E-state index contributed by atoms with van der Waals surface area (Å²) < 4.78 is 18.9. The third-order valence-electron chi connectivity index (χ3n) is 2.77. The van der Waals surface area contributed by atoms with E-state index in [0.29, 0.717) is 13.2 Å². The van der Waals surface area contributed by atoms with Crippen molar-refractivity contribution in [3.05, 3.63) is 29.6 Å². The highest BCUT2D eigenvalue weighted by Crippen LogP contribution is 2.14. The average Bonchev–Trinajstić information content (AvgIpc) is 2.41. The van der Waals surface area contributed by atoms with Crippen molar-refractivity contribution in [1.82, 2.24) is 5.32 Å². The number of carbonyl (C=O) groups is 1. The smallest absolute Gasteiger partial charge is 0.319 e. The summed E-state index contributed by atoms with van der Waals surface area (Å²) in [4.78, 5) is 11.6. The lowest BCUT2D eigenvalue weighted by Crippen LogP contribution is -2.30. The van der Waals surface area contributed by atoms with Crippen LogP contribution in [0.3, 0.4) is 0 Å². The molecule has 0 aliphatic heterocycles. The highest BCUT2D eigenvalue weighted by Gasteiger charge is 2.05. The molecule has 1 aromatic carbocycles. The second-order valence-electron chi connectivity index (χ2n) is 4.68. The molecular formula is C15H23FN2O2. The molecule has 0 saturated carbocycles. The van der Waals surface area contributed by atoms with Gasteiger partial charge in [0.1, 0.15) is 5.82 Å². The van der Waals surface area contributed by atoms with Gasteiger partial charge < -0.3 is 15.4 Å². The minimum Gasteiger partial charge on any atom is -0.381 e. The van der Waals surface area contributed by atoms with Crippen molar-refractivity contribution in [2.75, 3.05) is 25.1 Å². The normalized spacial score (nSPS) is 10.3. The van der Waals surface area contributed by atoms with Crippen molar-refractivity contribution in [2.24, 2.45) is 0 Å². The summed E-state index contributed by atoms with van der Waals surface area (Å²) in [6.45, 7) is 5.80. The van der Waals surface area contributed by atoms with Crippen molar-refractivity contribution in [1.29, 1.82) is 0 Å². The van der Waals surface area contributed by atoms with Gasteiger partial charge >= 0.3 is 6.03 Å². The lowest BCUT2D eigenvalue weighted by molar-refractivity contribution is 0.129. The van der Waals surface area contributed by atoms with Crippen molar-refractivity contribution < 1.29 is 13.9 Å². The SMILES string of the molecule is CCCCOCCCNC(=O)Nc1ccc(C)cc1F. The van der Waals surface area contributed by atoms with Crippen molar-refractivity contribution in [2.45, 2.75) is 33.1 Å². The van der Waals surface area contributed by atoms with E-state index < -0.39 is 11.8 Å². The lowest BCUT2D eigenvalue weighted by Gasteiger charge is -2.09. The zero-order valence-electron chi connectivity index (χ0n) is 12.2. The topological polar surface area (TPSA) is 50.4 Å². The summed E-state index contributed by atoms with van der Waals surface area (Å²) >= 11 is 0. The summed E-state index contributed by atoms with van der Waals surface area (Å²) in [5.74, 6) is -0.428. The van der Waals surface area contributed by atoms with Crippen LogP contribution in [-0.4, -0.2) is 25.8 Å². The Balaban J connectivity index is 2.17. The van der Waals surface area contributed by atoms with Crippen LogP contribution in [0.4, 0.5) is 14.9 Å². The van der Waals surface area contributed by atoms with Crippen LogP contribution in [0.25, 0.3) is 0 Å². The molecule has 0 aromatic heterocycles. The zero-order valence-corrected chi connectivity index (χ0v) is 12.2. The maximum atomic E-state index is 13.5. The van der Waals surface area contributed by atoms with Crippen molar-refractivity contribution in [3.8, 4) is 0 Å². The van der Waals surface area contributed by atoms with Crippen LogP contribution in [0, 0.1) is 12.7 Å². The monoisotopic (exact) mass is 282 g/mol. The van der Waals surface area contributed by atoms with E-state index in [9.17, 15) is 9.18 Å². The second-order valence-corrected chi connectivity index (χ2v) is 4.68. The Morgan fingerprint density at radius 3 is 2.75 bits per heavy atom. The van der Waals surface area contributed by atoms with E-state index in [1.165, 1.54) is 6.07 Å². The van der Waals surface area contributed by atoms with Gasteiger partial charge in [0, 0.05) is 19.8 Å². The van der Waals surface area contributed by atoms with Gasteiger partial charge in [-0.2, -0.15) is 0 Å². The molecule has 1 rings (SSSR count). The Morgan fingerprint density at radius 2 is 2.05 bits per heavy atom. The van der Waals surface area contributed by atoms with E-state index in [1.54, 1.807) is 19.1 Å². The Hall–Kier alpha value is -1.62. The molecule has 4 nitrogen and oxygen atoms in total. The maximum Gasteiger partial charge on any atom is 0.319 e. The molecule has 112 valence electrons. The van der Waals surface area contributed by atoms with Crippen LogP contribution in [0.2, 0.25) is 0 Å². The fraction of sp³-hybridized carbons (Fsp3) is 0.533. The molecule has 0 aliphatic rings. The van der Waals surface area contributed by atoms with Gasteiger partial charge in [-0.3, -0.25) is 0 Å². The minimum absolute atomic E-state index is 0.187. The molecule has 0 fully saturated rings. The van der Waals surface area contributed by atoms with Crippen LogP contribution < -0.4 is 10.6 Å². The third-order valence-corrected chi connectivity index (χ3v) is 2.77. The first-order valence-corrected chi connectivity index (χ1v) is 7.02. The molecule has 0 radical (unpaired) electrons. The van der Waals surface area contributed by atoms with Gasteiger partial charge in [-0.05, 0) is 37.5 Å². The number of hydrogen-bond donors (Lipinski definition) is 2. The highest BCUT2D eigenvalue weighted by atomic mass is 19.1. The summed E-state index contributed by atoms with van der Waals surface area (Å²) in [5.41, 5.74) is 1.00. The fourth-order valence-corrected chi connectivity index (χ4v) is 1.61. The molecule has 5 heteroatoms. The summed E-state index contributed by atoms with van der Waals surface area (Å²) in [6, 6.07) is 4.29. The molecule has 0 saturated heterocycles. The number of unbranched alkanes of at least 4 members (excludes halogenated alkanes) is 1. The number of benzene rings is 1. The number of anilines is 1. The molecule has 0 spiro atoms. The standard InChI is InChI=1S/C15H23FN2O2/c1-3-4-9-20-10-5-8-17-15(19)18-14-7-6-12(2)11-13(14)16/h6-7,11H,3-5,8-10H2,1-2H3,(H2,17,18,19). The Kier molecular flexibility index (Phi) is 7.65. The predicted molar refractivity (Wildman–Crippen MR) is 78.5 cm³/mol. The Morgan fingerprint density at radius 1 is 1.30 bits per heavy atom. The van der Waals surface area contributed by atoms with Gasteiger partial charge in [-0.1, -0.05) is 19.4 Å². The molecule has 2 N–H and O–H groups in total. The first-order chi connectivity index (χ1) is 9.63. The van der Waals surface area contributed by atoms with E-state index in [1.807, 2.05) is 0 Å².